The Morgan fingerprint density at radius 1 is 1.70 bits per heavy atom. The van der Waals surface area contributed by atoms with Crippen LogP contribution in [0.15, 0.2) is 0 Å². The zero-order chi connectivity index (χ0) is 8.20. The van der Waals surface area contributed by atoms with Crippen LogP contribution in [0.2, 0.25) is 0 Å². The lowest BCUT2D eigenvalue weighted by Gasteiger charge is -2.15. The first-order chi connectivity index (χ1) is 4.45. The summed E-state index contributed by atoms with van der Waals surface area (Å²) in [7, 11) is 0. The number of carbonyl (C=O) groups excluding carboxylic acids is 1. The lowest BCUT2D eigenvalue weighted by molar-refractivity contribution is -0.121. The largest absolute Gasteiger partial charge is 0.277 e. The van der Waals surface area contributed by atoms with Gasteiger partial charge < -0.3 is 0 Å². The highest BCUT2D eigenvalue weighted by molar-refractivity contribution is 7.81. The molecule has 0 bridgehead atoms. The Morgan fingerprint density at radius 3 is 2.50 bits per heavy atom. The Kier molecular flexibility index (Phi) is 4.08. The molecule has 0 aliphatic rings. The van der Waals surface area contributed by atoms with Crippen molar-refractivity contribution in [3.63, 3.8) is 0 Å². The standard InChI is InChI=1S/C5H11ClN2OS/c1-5(2,10)3-4(9)7-8-6/h8,10H,3H2,1-2H3,(H,7,9). The summed E-state index contributed by atoms with van der Waals surface area (Å²) in [4.78, 5) is 12.8. The first-order valence-corrected chi connectivity index (χ1v) is 3.65. The normalized spacial score (nSPS) is 11.2. The second-order valence-electron chi connectivity index (χ2n) is 2.63. The van der Waals surface area contributed by atoms with Crippen LogP contribution in [0.25, 0.3) is 0 Å². The van der Waals surface area contributed by atoms with E-state index in [4.69, 9.17) is 11.8 Å². The Bertz CT molecular complexity index is 123. The minimum absolute atomic E-state index is 0.171. The van der Waals surface area contributed by atoms with Crippen LogP contribution < -0.4 is 10.4 Å². The number of nitrogens with one attached hydrogen (secondary N) is 2. The van der Waals surface area contributed by atoms with Gasteiger partial charge in [-0.05, 0) is 11.8 Å². The molecule has 0 aromatic rings. The van der Waals surface area contributed by atoms with Crippen molar-refractivity contribution in [1.82, 2.24) is 10.4 Å². The second-order valence-corrected chi connectivity index (χ2v) is 4.03. The van der Waals surface area contributed by atoms with Gasteiger partial charge in [-0.25, -0.2) is 0 Å². The molecular weight excluding hydrogens is 172 g/mol. The van der Waals surface area contributed by atoms with Crippen LogP contribution in [0.4, 0.5) is 0 Å². The number of thiol groups is 1. The molecule has 10 heavy (non-hydrogen) atoms. The molecule has 0 saturated carbocycles. The fourth-order valence-electron chi connectivity index (χ4n) is 0.490. The van der Waals surface area contributed by atoms with Gasteiger partial charge in [0.15, 0.2) is 0 Å². The van der Waals surface area contributed by atoms with Gasteiger partial charge in [0.2, 0.25) is 5.91 Å². The van der Waals surface area contributed by atoms with Crippen molar-refractivity contribution in [1.29, 1.82) is 0 Å². The number of amides is 1. The van der Waals surface area contributed by atoms with Crippen molar-refractivity contribution < 1.29 is 4.79 Å². The summed E-state index contributed by atoms with van der Waals surface area (Å²) in [6, 6.07) is 0. The highest BCUT2D eigenvalue weighted by Gasteiger charge is 2.15. The monoisotopic (exact) mass is 182 g/mol. The van der Waals surface area contributed by atoms with Crippen molar-refractivity contribution >= 4 is 30.3 Å². The van der Waals surface area contributed by atoms with Gasteiger partial charge in [-0.15, -0.1) is 4.94 Å². The first-order valence-electron chi connectivity index (χ1n) is 2.82. The van der Waals surface area contributed by atoms with E-state index in [0.717, 1.165) is 0 Å². The first kappa shape index (κ1) is 10.1. The summed E-state index contributed by atoms with van der Waals surface area (Å²) >= 11 is 9.17. The average Bonchev–Trinajstić information content (AvgIpc) is 1.59. The van der Waals surface area contributed by atoms with Crippen LogP contribution in [0.1, 0.15) is 20.3 Å². The average molecular weight is 183 g/mol. The number of rotatable bonds is 3. The number of hydrogen-bond acceptors (Lipinski definition) is 3. The Balaban J connectivity index is 3.58. The third kappa shape index (κ3) is 6.19. The number of hydrazine groups is 1. The van der Waals surface area contributed by atoms with E-state index in [-0.39, 0.29) is 10.7 Å². The minimum Gasteiger partial charge on any atom is -0.277 e. The SMILES string of the molecule is CC(C)(S)CC(=O)NNCl. The number of hydrogen-bond donors (Lipinski definition) is 3. The molecule has 0 atom stereocenters. The molecule has 0 radical (unpaired) electrons. The molecule has 0 rings (SSSR count). The molecule has 60 valence electrons. The zero-order valence-corrected chi connectivity index (χ0v) is 7.59. The summed E-state index contributed by atoms with van der Waals surface area (Å²) in [5.41, 5.74) is 2.23. The summed E-state index contributed by atoms with van der Waals surface area (Å²) in [5.74, 6) is -0.171. The lowest BCUT2D eigenvalue weighted by atomic mass is 10.1. The van der Waals surface area contributed by atoms with Gasteiger partial charge >= 0.3 is 0 Å². The quantitative estimate of drug-likeness (QED) is 0.344. The fraction of sp³-hybridized carbons (Fsp3) is 0.800. The van der Waals surface area contributed by atoms with Crippen molar-refractivity contribution in [2.75, 3.05) is 0 Å². The van der Waals surface area contributed by atoms with Crippen molar-refractivity contribution in [2.24, 2.45) is 0 Å². The van der Waals surface area contributed by atoms with Gasteiger partial charge in [0.1, 0.15) is 0 Å². The van der Waals surface area contributed by atoms with Gasteiger partial charge in [-0.1, -0.05) is 13.8 Å². The third-order valence-electron chi connectivity index (χ3n) is 0.780. The summed E-state index contributed by atoms with van der Waals surface area (Å²) in [5, 5.41) is 0. The molecule has 0 aromatic carbocycles. The maximum atomic E-state index is 10.8. The predicted molar refractivity (Wildman–Crippen MR) is 44.8 cm³/mol. The molecule has 0 aromatic heterocycles. The van der Waals surface area contributed by atoms with E-state index in [1.54, 1.807) is 0 Å². The molecule has 0 spiro atoms. The summed E-state index contributed by atoms with van der Waals surface area (Å²) < 4.78 is -0.294. The molecule has 0 saturated heterocycles. The summed E-state index contributed by atoms with van der Waals surface area (Å²) in [6.45, 7) is 3.70. The molecule has 1 amide bonds. The van der Waals surface area contributed by atoms with Crippen molar-refractivity contribution in [3.8, 4) is 0 Å². The van der Waals surface area contributed by atoms with Crippen LogP contribution in [-0.2, 0) is 4.79 Å². The van der Waals surface area contributed by atoms with Gasteiger partial charge in [0.25, 0.3) is 0 Å². The maximum absolute atomic E-state index is 10.8. The van der Waals surface area contributed by atoms with Crippen LogP contribution >= 0.6 is 24.4 Å². The maximum Gasteiger partial charge on any atom is 0.236 e. The Labute approximate surface area is 71.0 Å². The van der Waals surface area contributed by atoms with Crippen LogP contribution in [0, 0.1) is 0 Å². The summed E-state index contributed by atoms with van der Waals surface area (Å²) in [6.07, 6.45) is 0.329. The smallest absolute Gasteiger partial charge is 0.236 e. The molecule has 5 heteroatoms. The molecule has 0 unspecified atom stereocenters. The van der Waals surface area contributed by atoms with E-state index in [1.807, 2.05) is 18.8 Å². The molecule has 0 aliphatic heterocycles. The second kappa shape index (κ2) is 4.05. The van der Waals surface area contributed by atoms with E-state index < -0.39 is 0 Å². The molecule has 2 N–H and O–H groups in total. The highest BCUT2D eigenvalue weighted by Crippen LogP contribution is 2.15. The van der Waals surface area contributed by atoms with Gasteiger partial charge in [0.05, 0.1) is 0 Å². The van der Waals surface area contributed by atoms with Crippen LogP contribution in [-0.4, -0.2) is 10.7 Å². The van der Waals surface area contributed by atoms with Gasteiger partial charge in [-0.2, -0.15) is 12.6 Å². The fourth-order valence-corrected chi connectivity index (χ4v) is 0.739. The van der Waals surface area contributed by atoms with E-state index in [9.17, 15) is 4.79 Å². The van der Waals surface area contributed by atoms with E-state index in [2.05, 4.69) is 18.1 Å². The highest BCUT2D eigenvalue weighted by atomic mass is 35.5. The molecule has 0 heterocycles. The van der Waals surface area contributed by atoms with Gasteiger partial charge in [0, 0.05) is 11.2 Å². The van der Waals surface area contributed by atoms with Crippen molar-refractivity contribution in [2.45, 2.75) is 25.0 Å². The number of carbonyl (C=O) groups is 1. The van der Waals surface area contributed by atoms with Crippen molar-refractivity contribution in [3.05, 3.63) is 0 Å². The molecule has 0 aliphatic carbocycles. The van der Waals surface area contributed by atoms with E-state index in [1.165, 1.54) is 0 Å². The zero-order valence-electron chi connectivity index (χ0n) is 5.94. The predicted octanol–water partition coefficient (Wildman–Crippen LogP) is 0.860. The van der Waals surface area contributed by atoms with Gasteiger partial charge in [-0.3, -0.25) is 10.2 Å². The molecular formula is C5H11ClN2OS. The Hall–Kier alpha value is 0.0700. The third-order valence-corrected chi connectivity index (χ3v) is 1.03. The molecule has 3 nitrogen and oxygen atoms in total. The molecule has 0 fully saturated rings. The van der Waals surface area contributed by atoms with E-state index >= 15 is 0 Å². The number of halogens is 1. The van der Waals surface area contributed by atoms with E-state index in [0.29, 0.717) is 6.42 Å². The van der Waals surface area contributed by atoms with Crippen LogP contribution in [0.5, 0.6) is 0 Å². The topological polar surface area (TPSA) is 41.1 Å². The Morgan fingerprint density at radius 2 is 2.20 bits per heavy atom. The van der Waals surface area contributed by atoms with Crippen LogP contribution in [0.3, 0.4) is 0 Å². The lowest BCUT2D eigenvalue weighted by Crippen LogP contribution is -2.34. The minimum atomic E-state index is -0.294.